The number of aromatic nitrogens is 4. The van der Waals surface area contributed by atoms with E-state index in [0.29, 0.717) is 36.3 Å². The smallest absolute Gasteiger partial charge is 0.247 e. The number of nitrogens with zero attached hydrogens (tertiary/aromatic N) is 3. The minimum atomic E-state index is -0.722. The Hall–Kier alpha value is -3.69. The van der Waals surface area contributed by atoms with Crippen molar-refractivity contribution in [3.05, 3.63) is 53.4 Å². The van der Waals surface area contributed by atoms with E-state index in [1.807, 2.05) is 0 Å². The fourth-order valence-corrected chi connectivity index (χ4v) is 4.21. The van der Waals surface area contributed by atoms with E-state index in [9.17, 15) is 13.6 Å². The Balaban J connectivity index is 1.71. The molecule has 2 N–H and O–H groups in total. The van der Waals surface area contributed by atoms with E-state index in [1.54, 1.807) is 11.7 Å². The number of carbonyl (C=O) groups is 1. The quantitative estimate of drug-likeness (QED) is 0.569. The van der Waals surface area contributed by atoms with E-state index < -0.39 is 17.6 Å². The minimum Gasteiger partial charge on any atom is -0.494 e. The molecule has 0 unspecified atom stereocenters. The summed E-state index contributed by atoms with van der Waals surface area (Å²) < 4.78 is 41.7. The molecule has 2 heterocycles. The molecule has 4 rings (SSSR count). The highest BCUT2D eigenvalue weighted by Crippen LogP contribution is 2.42. The number of nitrogens with one attached hydrogen (secondary N) is 2. The molecule has 1 atom stereocenters. The summed E-state index contributed by atoms with van der Waals surface area (Å²) in [5, 5.41) is 14.4. The number of carbonyl (C=O) groups excluding carboxylic acids is 1. The number of ether oxygens (including phenoxy) is 2. The average Bonchev–Trinajstić information content (AvgIpc) is 3.36. The lowest BCUT2D eigenvalue weighted by molar-refractivity contribution is -0.111. The lowest BCUT2D eigenvalue weighted by Gasteiger charge is -2.25. The third kappa shape index (κ3) is 3.51. The fraction of sp³-hybridized carbons (Fsp3) is 0.318. The molecule has 0 bridgehead atoms. The molecule has 3 aromatic rings. The van der Waals surface area contributed by atoms with Gasteiger partial charge in [-0.15, -0.1) is 0 Å². The maximum absolute atomic E-state index is 15.0. The molecule has 168 valence electrons. The molecule has 0 radical (unpaired) electrons. The molecule has 1 aliphatic rings. The molecule has 1 aromatic carbocycles. The van der Waals surface area contributed by atoms with E-state index >= 15 is 0 Å². The van der Waals surface area contributed by atoms with Gasteiger partial charge in [0.1, 0.15) is 11.4 Å². The standard InChI is InChI=1S/C22H23F2N5O3/c1-5-17(30)26-14-10-25-29(2)22(14)21-12-7-6-11(8-13(12)27-28-21)18-19(23)15(31-3)9-16(32-4)20(18)24/h5,9-11H,1,6-8H2,2-4H3,(H,26,30)(H,27,28)/t11-/m0/s1. The summed E-state index contributed by atoms with van der Waals surface area (Å²) in [4.78, 5) is 11.8. The van der Waals surface area contributed by atoms with Gasteiger partial charge in [0.25, 0.3) is 0 Å². The molecular weight excluding hydrogens is 420 g/mol. The topological polar surface area (TPSA) is 94.1 Å². The molecule has 32 heavy (non-hydrogen) atoms. The van der Waals surface area contributed by atoms with Crippen LogP contribution in [0.4, 0.5) is 14.5 Å². The van der Waals surface area contributed by atoms with Gasteiger partial charge >= 0.3 is 0 Å². The van der Waals surface area contributed by atoms with Crippen molar-refractivity contribution < 1.29 is 23.0 Å². The predicted octanol–water partition coefficient (Wildman–Crippen LogP) is 3.50. The summed E-state index contributed by atoms with van der Waals surface area (Å²) >= 11 is 0. The highest BCUT2D eigenvalue weighted by Gasteiger charge is 2.32. The number of H-pyrrole nitrogens is 1. The molecule has 0 spiro atoms. The maximum atomic E-state index is 15.0. The molecule has 1 amide bonds. The van der Waals surface area contributed by atoms with Crippen LogP contribution in [0.1, 0.15) is 29.2 Å². The number of rotatable bonds is 6. The molecule has 2 aromatic heterocycles. The number of aryl methyl sites for hydroxylation is 1. The Morgan fingerprint density at radius 2 is 2.00 bits per heavy atom. The van der Waals surface area contributed by atoms with Gasteiger partial charge in [-0.05, 0) is 31.3 Å². The zero-order valence-electron chi connectivity index (χ0n) is 18.0. The first kappa shape index (κ1) is 21.5. The van der Waals surface area contributed by atoms with Crippen molar-refractivity contribution in [2.75, 3.05) is 19.5 Å². The summed E-state index contributed by atoms with van der Waals surface area (Å²) in [6, 6.07) is 1.21. The predicted molar refractivity (Wildman–Crippen MR) is 114 cm³/mol. The summed E-state index contributed by atoms with van der Waals surface area (Å²) in [5.74, 6) is -2.35. The molecule has 0 saturated heterocycles. The van der Waals surface area contributed by atoms with E-state index in [0.717, 1.165) is 11.3 Å². The van der Waals surface area contributed by atoms with Crippen molar-refractivity contribution in [3.63, 3.8) is 0 Å². The van der Waals surface area contributed by atoms with Gasteiger partial charge in [-0.3, -0.25) is 14.6 Å². The first-order valence-corrected chi connectivity index (χ1v) is 10.0. The van der Waals surface area contributed by atoms with Crippen LogP contribution >= 0.6 is 0 Å². The van der Waals surface area contributed by atoms with Crippen LogP contribution in [0.15, 0.2) is 24.9 Å². The van der Waals surface area contributed by atoms with Crippen molar-refractivity contribution >= 4 is 11.6 Å². The Morgan fingerprint density at radius 3 is 2.62 bits per heavy atom. The van der Waals surface area contributed by atoms with Gasteiger partial charge in [0.2, 0.25) is 5.91 Å². The fourth-order valence-electron chi connectivity index (χ4n) is 4.21. The SMILES string of the molecule is C=CC(=O)Nc1cnn(C)c1-c1n[nH]c2c1CC[C@H](c1c(F)c(OC)cc(OC)c1F)C2. The summed E-state index contributed by atoms with van der Waals surface area (Å²) in [7, 11) is 4.41. The molecule has 1 aliphatic carbocycles. The van der Waals surface area contributed by atoms with Gasteiger partial charge in [0, 0.05) is 29.9 Å². The van der Waals surface area contributed by atoms with Crippen LogP contribution in [-0.2, 0) is 24.7 Å². The largest absolute Gasteiger partial charge is 0.494 e. The van der Waals surface area contributed by atoms with Crippen LogP contribution in [0, 0.1) is 11.6 Å². The summed E-state index contributed by atoms with van der Waals surface area (Å²) in [6.45, 7) is 3.46. The lowest BCUT2D eigenvalue weighted by Crippen LogP contribution is -2.16. The van der Waals surface area contributed by atoms with Gasteiger partial charge in [-0.25, -0.2) is 8.78 Å². The van der Waals surface area contributed by atoms with Gasteiger partial charge in [-0.2, -0.15) is 10.2 Å². The molecule has 0 saturated carbocycles. The van der Waals surface area contributed by atoms with Gasteiger partial charge in [-0.1, -0.05) is 6.58 Å². The first-order chi connectivity index (χ1) is 15.4. The maximum Gasteiger partial charge on any atom is 0.247 e. The number of methoxy groups -OCH3 is 2. The van der Waals surface area contributed by atoms with Crippen molar-refractivity contribution in [1.29, 1.82) is 0 Å². The molecule has 0 fully saturated rings. The van der Waals surface area contributed by atoms with E-state index in [4.69, 9.17) is 9.47 Å². The Labute approximate surface area is 183 Å². The molecule has 10 heteroatoms. The third-order valence-electron chi connectivity index (χ3n) is 5.77. The number of anilines is 1. The normalized spacial score (nSPS) is 15.2. The Kier molecular flexibility index (Phi) is 5.68. The number of aromatic amines is 1. The number of halogens is 2. The number of fused-ring (bicyclic) bond motifs is 1. The molecule has 0 aliphatic heterocycles. The number of hydrogen-bond acceptors (Lipinski definition) is 5. The first-order valence-electron chi connectivity index (χ1n) is 10.0. The number of hydrogen-bond donors (Lipinski definition) is 2. The second-order valence-electron chi connectivity index (χ2n) is 7.52. The van der Waals surface area contributed by atoms with E-state index in [2.05, 4.69) is 27.2 Å². The van der Waals surface area contributed by atoms with Crippen LogP contribution in [-0.4, -0.2) is 40.1 Å². The van der Waals surface area contributed by atoms with E-state index in [1.165, 1.54) is 32.6 Å². The van der Waals surface area contributed by atoms with E-state index in [-0.39, 0.29) is 23.0 Å². The Morgan fingerprint density at radius 1 is 1.31 bits per heavy atom. The van der Waals surface area contributed by atoms with Crippen LogP contribution in [0.25, 0.3) is 11.4 Å². The second-order valence-corrected chi connectivity index (χ2v) is 7.52. The lowest BCUT2D eigenvalue weighted by atomic mass is 9.81. The van der Waals surface area contributed by atoms with Crippen LogP contribution in [0.5, 0.6) is 11.5 Å². The van der Waals surface area contributed by atoms with Gasteiger partial charge in [0.05, 0.1) is 26.1 Å². The van der Waals surface area contributed by atoms with Crippen molar-refractivity contribution in [3.8, 4) is 22.9 Å². The zero-order valence-corrected chi connectivity index (χ0v) is 18.0. The summed E-state index contributed by atoms with van der Waals surface area (Å²) in [6.07, 6.45) is 4.10. The van der Waals surface area contributed by atoms with Gasteiger partial charge in [0.15, 0.2) is 23.1 Å². The highest BCUT2D eigenvalue weighted by molar-refractivity contribution is 6.01. The molecular formula is C22H23F2N5O3. The van der Waals surface area contributed by atoms with Crippen molar-refractivity contribution in [2.24, 2.45) is 7.05 Å². The minimum absolute atomic E-state index is 0.0533. The van der Waals surface area contributed by atoms with Gasteiger partial charge < -0.3 is 14.8 Å². The number of amides is 1. The summed E-state index contributed by atoms with van der Waals surface area (Å²) in [5.41, 5.74) is 3.43. The third-order valence-corrected chi connectivity index (χ3v) is 5.77. The average molecular weight is 443 g/mol. The molecule has 8 nitrogen and oxygen atoms in total. The van der Waals surface area contributed by atoms with Crippen molar-refractivity contribution in [2.45, 2.75) is 25.2 Å². The van der Waals surface area contributed by atoms with Crippen LogP contribution in [0.3, 0.4) is 0 Å². The number of benzene rings is 1. The monoisotopic (exact) mass is 443 g/mol. The van der Waals surface area contributed by atoms with Crippen LogP contribution in [0.2, 0.25) is 0 Å². The second kappa shape index (κ2) is 8.45. The highest BCUT2D eigenvalue weighted by atomic mass is 19.1. The zero-order chi connectivity index (χ0) is 23.0. The van der Waals surface area contributed by atoms with Crippen molar-refractivity contribution in [1.82, 2.24) is 20.0 Å². The Bertz CT molecular complexity index is 1170. The van der Waals surface area contributed by atoms with Crippen LogP contribution < -0.4 is 14.8 Å².